The van der Waals surface area contributed by atoms with Crippen LogP contribution in [0.2, 0.25) is 0 Å². The first-order valence-corrected chi connectivity index (χ1v) is 7.08. The summed E-state index contributed by atoms with van der Waals surface area (Å²) < 4.78 is 10.5. The van der Waals surface area contributed by atoms with Gasteiger partial charge in [0.15, 0.2) is 5.82 Å². The maximum atomic E-state index is 5.28. The fraction of sp³-hybridized carbons (Fsp3) is 0.643. The minimum atomic E-state index is 0.400. The molecule has 3 rings (SSSR count). The predicted molar refractivity (Wildman–Crippen MR) is 72.3 cm³/mol. The first kappa shape index (κ1) is 13.3. The zero-order valence-electron chi connectivity index (χ0n) is 12.2. The van der Waals surface area contributed by atoms with Gasteiger partial charge in [-0.15, -0.1) is 0 Å². The average molecular weight is 276 g/mol. The number of rotatable bonds is 3. The van der Waals surface area contributed by atoms with Crippen LogP contribution in [0.15, 0.2) is 9.05 Å². The van der Waals surface area contributed by atoms with Crippen molar-refractivity contribution in [1.82, 2.24) is 20.2 Å². The Morgan fingerprint density at radius 3 is 2.40 bits per heavy atom. The molecule has 0 bridgehead atoms. The molecule has 1 fully saturated rings. The van der Waals surface area contributed by atoms with Crippen LogP contribution >= 0.6 is 0 Å². The lowest BCUT2D eigenvalue weighted by molar-refractivity contribution is 0.186. The summed E-state index contributed by atoms with van der Waals surface area (Å²) in [5, 5.41) is 7.89. The van der Waals surface area contributed by atoms with Gasteiger partial charge in [-0.25, -0.2) is 0 Å². The normalized spacial score (nSPS) is 17.8. The highest BCUT2D eigenvalue weighted by atomic mass is 16.5. The van der Waals surface area contributed by atoms with Crippen molar-refractivity contribution in [2.24, 2.45) is 0 Å². The van der Waals surface area contributed by atoms with Crippen molar-refractivity contribution >= 4 is 0 Å². The van der Waals surface area contributed by atoms with Crippen molar-refractivity contribution in [3.8, 4) is 0 Å². The number of hydrogen-bond donors (Lipinski definition) is 0. The van der Waals surface area contributed by atoms with Crippen molar-refractivity contribution < 1.29 is 9.05 Å². The van der Waals surface area contributed by atoms with Gasteiger partial charge >= 0.3 is 0 Å². The van der Waals surface area contributed by atoms with Crippen LogP contribution in [0.3, 0.4) is 0 Å². The molecule has 0 saturated carbocycles. The maximum Gasteiger partial charge on any atom is 0.229 e. The molecule has 6 nitrogen and oxygen atoms in total. The summed E-state index contributed by atoms with van der Waals surface area (Å²) in [7, 11) is 0. The van der Waals surface area contributed by atoms with E-state index in [9.17, 15) is 0 Å². The van der Waals surface area contributed by atoms with Crippen LogP contribution < -0.4 is 0 Å². The van der Waals surface area contributed by atoms with E-state index >= 15 is 0 Å². The van der Waals surface area contributed by atoms with Gasteiger partial charge in [0.1, 0.15) is 5.76 Å². The zero-order chi connectivity index (χ0) is 14.1. The van der Waals surface area contributed by atoms with Gasteiger partial charge in [0, 0.05) is 18.0 Å². The average Bonchev–Trinajstić information content (AvgIpc) is 3.01. The van der Waals surface area contributed by atoms with Gasteiger partial charge in [-0.3, -0.25) is 4.90 Å². The highest BCUT2D eigenvalue weighted by molar-refractivity contribution is 5.20. The summed E-state index contributed by atoms with van der Waals surface area (Å²) in [4.78, 5) is 6.78. The van der Waals surface area contributed by atoms with E-state index in [1.54, 1.807) is 0 Å². The molecule has 1 aliphatic rings. The number of aryl methyl sites for hydroxylation is 3. The van der Waals surface area contributed by atoms with Crippen molar-refractivity contribution in [3.63, 3.8) is 0 Å². The van der Waals surface area contributed by atoms with Crippen LogP contribution in [0.4, 0.5) is 0 Å². The van der Waals surface area contributed by atoms with Crippen LogP contribution in [0, 0.1) is 20.8 Å². The van der Waals surface area contributed by atoms with E-state index in [1.807, 2.05) is 20.8 Å². The van der Waals surface area contributed by atoms with Crippen LogP contribution in [0.5, 0.6) is 0 Å². The lowest BCUT2D eigenvalue weighted by Gasteiger charge is -2.30. The van der Waals surface area contributed by atoms with Crippen molar-refractivity contribution in [1.29, 1.82) is 0 Å². The van der Waals surface area contributed by atoms with Gasteiger partial charge in [0.2, 0.25) is 5.89 Å². The molecule has 0 N–H and O–H groups in total. The Morgan fingerprint density at radius 1 is 1.10 bits per heavy atom. The smallest absolute Gasteiger partial charge is 0.229 e. The SMILES string of the molecule is Cc1noc(C2CCN(Cc3c(C)noc3C)CC2)n1. The van der Waals surface area contributed by atoms with E-state index < -0.39 is 0 Å². The van der Waals surface area contributed by atoms with Gasteiger partial charge < -0.3 is 9.05 Å². The van der Waals surface area contributed by atoms with E-state index in [0.29, 0.717) is 5.92 Å². The lowest BCUT2D eigenvalue weighted by atomic mass is 9.96. The first-order chi connectivity index (χ1) is 9.63. The molecule has 0 atom stereocenters. The van der Waals surface area contributed by atoms with Gasteiger partial charge in [0.05, 0.1) is 5.69 Å². The summed E-state index contributed by atoms with van der Waals surface area (Å²) in [5.74, 6) is 2.84. The number of likely N-dealkylation sites (tertiary alicyclic amines) is 1. The van der Waals surface area contributed by atoms with Gasteiger partial charge in [0.25, 0.3) is 0 Å². The molecular weight excluding hydrogens is 256 g/mol. The topological polar surface area (TPSA) is 68.2 Å². The Hall–Kier alpha value is -1.69. The van der Waals surface area contributed by atoms with Gasteiger partial charge in [-0.1, -0.05) is 10.3 Å². The first-order valence-electron chi connectivity index (χ1n) is 7.08. The molecule has 108 valence electrons. The van der Waals surface area contributed by atoms with E-state index in [-0.39, 0.29) is 0 Å². The van der Waals surface area contributed by atoms with Crippen LogP contribution in [0.1, 0.15) is 47.5 Å². The molecule has 3 heterocycles. The van der Waals surface area contributed by atoms with Crippen LogP contribution in [-0.2, 0) is 6.54 Å². The second-order valence-electron chi connectivity index (χ2n) is 5.53. The third-order valence-corrected chi connectivity index (χ3v) is 4.04. The molecule has 20 heavy (non-hydrogen) atoms. The largest absolute Gasteiger partial charge is 0.361 e. The molecule has 0 unspecified atom stereocenters. The second kappa shape index (κ2) is 5.36. The quantitative estimate of drug-likeness (QED) is 0.857. The second-order valence-corrected chi connectivity index (χ2v) is 5.53. The molecule has 0 aromatic carbocycles. The minimum Gasteiger partial charge on any atom is -0.361 e. The number of nitrogens with zero attached hydrogens (tertiary/aromatic N) is 4. The number of piperidine rings is 1. The Labute approximate surface area is 118 Å². The Morgan fingerprint density at radius 2 is 1.85 bits per heavy atom. The molecule has 0 radical (unpaired) electrons. The molecule has 0 aliphatic carbocycles. The highest BCUT2D eigenvalue weighted by Crippen LogP contribution is 2.28. The van der Waals surface area contributed by atoms with Crippen molar-refractivity contribution in [2.45, 2.75) is 46.1 Å². The summed E-state index contributed by atoms with van der Waals surface area (Å²) in [6.45, 7) is 8.83. The number of hydrogen-bond acceptors (Lipinski definition) is 6. The highest BCUT2D eigenvalue weighted by Gasteiger charge is 2.25. The summed E-state index contributed by atoms with van der Waals surface area (Å²) in [6, 6.07) is 0. The third kappa shape index (κ3) is 2.60. The van der Waals surface area contributed by atoms with E-state index in [1.165, 1.54) is 5.56 Å². The minimum absolute atomic E-state index is 0.400. The van der Waals surface area contributed by atoms with E-state index in [4.69, 9.17) is 9.05 Å². The molecule has 6 heteroatoms. The molecule has 2 aromatic heterocycles. The fourth-order valence-corrected chi connectivity index (χ4v) is 2.77. The molecular formula is C14H20N4O2. The van der Waals surface area contributed by atoms with Crippen molar-refractivity contribution in [3.05, 3.63) is 28.7 Å². The Balaban J connectivity index is 1.59. The van der Waals surface area contributed by atoms with Gasteiger partial charge in [-0.2, -0.15) is 4.98 Å². The molecule has 1 saturated heterocycles. The standard InChI is InChI=1S/C14H20N4O2/c1-9-13(10(2)19-16-9)8-18-6-4-12(5-7-18)14-15-11(3)17-20-14/h12H,4-8H2,1-3H3. The Bertz CT molecular complexity index is 562. The number of aromatic nitrogens is 3. The van der Waals surface area contributed by atoms with Crippen LogP contribution in [0.25, 0.3) is 0 Å². The molecule has 1 aliphatic heterocycles. The zero-order valence-corrected chi connectivity index (χ0v) is 12.2. The summed E-state index contributed by atoms with van der Waals surface area (Å²) in [6.07, 6.45) is 2.12. The predicted octanol–water partition coefficient (Wildman–Crippen LogP) is 2.36. The third-order valence-electron chi connectivity index (χ3n) is 4.04. The monoisotopic (exact) mass is 276 g/mol. The van der Waals surface area contributed by atoms with Crippen LogP contribution in [-0.4, -0.2) is 33.3 Å². The van der Waals surface area contributed by atoms with Gasteiger partial charge in [-0.05, 0) is 46.7 Å². The fourth-order valence-electron chi connectivity index (χ4n) is 2.77. The molecule has 2 aromatic rings. The molecule has 0 amide bonds. The van der Waals surface area contributed by atoms with Crippen molar-refractivity contribution in [2.75, 3.05) is 13.1 Å². The maximum absolute atomic E-state index is 5.28. The summed E-state index contributed by atoms with van der Waals surface area (Å²) in [5.41, 5.74) is 2.22. The Kier molecular flexibility index (Phi) is 3.56. The van der Waals surface area contributed by atoms with E-state index in [0.717, 1.165) is 55.6 Å². The lowest BCUT2D eigenvalue weighted by Crippen LogP contribution is -2.32. The molecule has 0 spiro atoms. The summed E-state index contributed by atoms with van der Waals surface area (Å²) >= 11 is 0. The van der Waals surface area contributed by atoms with E-state index in [2.05, 4.69) is 20.2 Å².